The van der Waals surface area contributed by atoms with Crippen molar-refractivity contribution in [3.63, 3.8) is 0 Å². The number of hydrogen-bond acceptors (Lipinski definition) is 3. The van der Waals surface area contributed by atoms with E-state index in [0.717, 1.165) is 14.8 Å². The summed E-state index contributed by atoms with van der Waals surface area (Å²) in [5.41, 5.74) is 0.834. The number of pyridine rings is 1. The molecule has 1 heterocycles. The molecule has 1 aromatic heterocycles. The smallest absolute Gasteiger partial charge is 0.106 e. The molecule has 1 aromatic rings. The Morgan fingerprint density at radius 1 is 1.33 bits per heavy atom. The van der Waals surface area contributed by atoms with Crippen molar-refractivity contribution in [2.75, 3.05) is 0 Å². The van der Waals surface area contributed by atoms with Gasteiger partial charge in [0.1, 0.15) is 4.60 Å². The summed E-state index contributed by atoms with van der Waals surface area (Å²) in [5, 5.41) is 0. The standard InChI is InChI=1S/C10H12Br2N2S/c1-10(2,3)15-13-6-8-7(11)4-5-9(12)14-8/h4-6H,1-3H3/b13-6-. The number of aromatic nitrogens is 1. The van der Waals surface area contributed by atoms with Crippen molar-refractivity contribution >= 4 is 50.0 Å². The van der Waals surface area contributed by atoms with Gasteiger partial charge in [-0.25, -0.2) is 9.38 Å². The van der Waals surface area contributed by atoms with E-state index < -0.39 is 0 Å². The summed E-state index contributed by atoms with van der Waals surface area (Å²) in [7, 11) is 0. The molecular weight excluding hydrogens is 340 g/mol. The molecule has 1 rings (SSSR count). The van der Waals surface area contributed by atoms with Crippen molar-refractivity contribution in [3.05, 3.63) is 26.9 Å². The highest BCUT2D eigenvalue weighted by molar-refractivity contribution is 9.11. The summed E-state index contributed by atoms with van der Waals surface area (Å²) < 4.78 is 6.19. The first-order valence-corrected chi connectivity index (χ1v) is 6.78. The molecule has 0 amide bonds. The van der Waals surface area contributed by atoms with Gasteiger partial charge < -0.3 is 0 Å². The molecular formula is C10H12Br2N2S. The second-order valence-electron chi connectivity index (χ2n) is 3.94. The second-order valence-corrected chi connectivity index (χ2v) is 7.22. The highest BCUT2D eigenvalue weighted by Crippen LogP contribution is 2.24. The molecule has 0 radical (unpaired) electrons. The lowest BCUT2D eigenvalue weighted by Crippen LogP contribution is -2.05. The Bertz CT molecular complexity index is 372. The fourth-order valence-corrected chi connectivity index (χ4v) is 1.87. The van der Waals surface area contributed by atoms with Crippen LogP contribution in [0.4, 0.5) is 0 Å². The number of hydrogen-bond donors (Lipinski definition) is 0. The van der Waals surface area contributed by atoms with E-state index in [1.165, 1.54) is 11.9 Å². The van der Waals surface area contributed by atoms with Crippen LogP contribution in [0.15, 0.2) is 25.6 Å². The van der Waals surface area contributed by atoms with E-state index in [1.807, 2.05) is 12.1 Å². The highest BCUT2D eigenvalue weighted by atomic mass is 79.9. The summed E-state index contributed by atoms with van der Waals surface area (Å²) >= 11 is 8.29. The average molecular weight is 352 g/mol. The lowest BCUT2D eigenvalue weighted by atomic mass is 10.3. The fourth-order valence-electron chi connectivity index (χ4n) is 0.758. The van der Waals surface area contributed by atoms with Gasteiger partial charge in [-0.3, -0.25) is 0 Å². The predicted octanol–water partition coefficient (Wildman–Crippen LogP) is 4.47. The molecule has 0 unspecified atom stereocenters. The SMILES string of the molecule is CC(C)(C)S/N=C\c1nc(Br)ccc1Br. The summed E-state index contributed by atoms with van der Waals surface area (Å²) in [4.78, 5) is 4.30. The molecule has 0 aliphatic rings. The quantitative estimate of drug-likeness (QED) is 0.446. The Balaban J connectivity index is 2.76. The summed E-state index contributed by atoms with van der Waals surface area (Å²) in [5.74, 6) is 0. The van der Waals surface area contributed by atoms with Crippen LogP contribution in [-0.2, 0) is 0 Å². The second kappa shape index (κ2) is 5.46. The molecule has 82 valence electrons. The Morgan fingerprint density at radius 3 is 2.60 bits per heavy atom. The molecule has 0 N–H and O–H groups in total. The van der Waals surface area contributed by atoms with Crippen molar-refractivity contribution in [1.29, 1.82) is 0 Å². The van der Waals surface area contributed by atoms with Crippen LogP contribution in [0.2, 0.25) is 0 Å². The monoisotopic (exact) mass is 350 g/mol. The predicted molar refractivity (Wildman–Crippen MR) is 74.6 cm³/mol. The lowest BCUT2D eigenvalue weighted by molar-refractivity contribution is 0.804. The van der Waals surface area contributed by atoms with Crippen LogP contribution in [0.3, 0.4) is 0 Å². The van der Waals surface area contributed by atoms with Gasteiger partial charge in [0.15, 0.2) is 0 Å². The minimum atomic E-state index is 0.134. The van der Waals surface area contributed by atoms with Gasteiger partial charge in [-0.15, -0.1) is 0 Å². The third-order valence-corrected chi connectivity index (χ3v) is 3.21. The zero-order chi connectivity index (χ0) is 11.5. The molecule has 15 heavy (non-hydrogen) atoms. The van der Waals surface area contributed by atoms with E-state index in [2.05, 4.69) is 62.0 Å². The third kappa shape index (κ3) is 5.13. The van der Waals surface area contributed by atoms with E-state index in [4.69, 9.17) is 0 Å². The average Bonchev–Trinajstić information content (AvgIpc) is 2.09. The Kier molecular flexibility index (Phi) is 4.80. The van der Waals surface area contributed by atoms with Crippen LogP contribution >= 0.6 is 43.8 Å². The molecule has 0 fully saturated rings. The van der Waals surface area contributed by atoms with Gasteiger partial charge >= 0.3 is 0 Å². The largest absolute Gasteiger partial charge is 0.239 e. The van der Waals surface area contributed by atoms with Gasteiger partial charge in [-0.1, -0.05) is 0 Å². The summed E-state index contributed by atoms with van der Waals surface area (Å²) in [6.07, 6.45) is 1.77. The van der Waals surface area contributed by atoms with E-state index in [1.54, 1.807) is 6.21 Å². The van der Waals surface area contributed by atoms with Crippen LogP contribution < -0.4 is 0 Å². The molecule has 0 aliphatic heterocycles. The molecule has 0 aromatic carbocycles. The third-order valence-electron chi connectivity index (χ3n) is 1.34. The Hall–Kier alpha value is 0.130. The maximum Gasteiger partial charge on any atom is 0.106 e. The summed E-state index contributed by atoms with van der Waals surface area (Å²) in [6.45, 7) is 6.37. The molecule has 2 nitrogen and oxygen atoms in total. The van der Waals surface area contributed by atoms with Crippen molar-refractivity contribution in [2.24, 2.45) is 4.40 Å². The first-order chi connectivity index (χ1) is 6.88. The molecule has 0 saturated heterocycles. The first-order valence-electron chi connectivity index (χ1n) is 4.42. The van der Waals surface area contributed by atoms with Crippen molar-refractivity contribution < 1.29 is 0 Å². The van der Waals surface area contributed by atoms with Crippen LogP contribution in [0.25, 0.3) is 0 Å². The fraction of sp³-hybridized carbons (Fsp3) is 0.400. The molecule has 5 heteroatoms. The molecule has 0 atom stereocenters. The molecule has 0 aliphatic carbocycles. The molecule has 0 spiro atoms. The highest BCUT2D eigenvalue weighted by Gasteiger charge is 2.09. The van der Waals surface area contributed by atoms with Crippen LogP contribution in [0, 0.1) is 0 Å². The first kappa shape index (κ1) is 13.2. The zero-order valence-corrected chi connectivity index (χ0v) is 12.8. The van der Waals surface area contributed by atoms with Gasteiger partial charge in [0.05, 0.1) is 11.9 Å². The summed E-state index contributed by atoms with van der Waals surface area (Å²) in [6, 6.07) is 3.83. The van der Waals surface area contributed by atoms with Gasteiger partial charge in [-0.2, -0.15) is 0 Å². The van der Waals surface area contributed by atoms with Crippen LogP contribution in [-0.4, -0.2) is 15.9 Å². The molecule has 0 bridgehead atoms. The Labute approximate surface area is 111 Å². The topological polar surface area (TPSA) is 25.2 Å². The minimum absolute atomic E-state index is 0.134. The van der Waals surface area contributed by atoms with E-state index in [9.17, 15) is 0 Å². The maximum absolute atomic E-state index is 4.30. The molecule has 0 saturated carbocycles. The number of rotatable bonds is 2. The number of halogens is 2. The maximum atomic E-state index is 4.30. The Morgan fingerprint density at radius 2 is 2.00 bits per heavy atom. The normalized spacial score (nSPS) is 12.3. The van der Waals surface area contributed by atoms with Crippen molar-refractivity contribution in [2.45, 2.75) is 25.5 Å². The minimum Gasteiger partial charge on any atom is -0.239 e. The number of nitrogens with zero attached hydrogens (tertiary/aromatic N) is 2. The van der Waals surface area contributed by atoms with Crippen molar-refractivity contribution in [3.8, 4) is 0 Å². The van der Waals surface area contributed by atoms with Gasteiger partial charge in [0, 0.05) is 9.22 Å². The van der Waals surface area contributed by atoms with Crippen LogP contribution in [0.1, 0.15) is 26.5 Å². The zero-order valence-electron chi connectivity index (χ0n) is 8.79. The van der Waals surface area contributed by atoms with Crippen molar-refractivity contribution in [1.82, 2.24) is 4.98 Å². The van der Waals surface area contributed by atoms with Gasteiger partial charge in [0.25, 0.3) is 0 Å². The van der Waals surface area contributed by atoms with Gasteiger partial charge in [-0.05, 0) is 76.7 Å². The van der Waals surface area contributed by atoms with Gasteiger partial charge in [0.2, 0.25) is 0 Å². The lowest BCUT2D eigenvalue weighted by Gasteiger charge is -2.12. The van der Waals surface area contributed by atoms with E-state index >= 15 is 0 Å². The van der Waals surface area contributed by atoms with E-state index in [0.29, 0.717) is 0 Å². The van der Waals surface area contributed by atoms with Crippen LogP contribution in [0.5, 0.6) is 0 Å². The van der Waals surface area contributed by atoms with E-state index in [-0.39, 0.29) is 4.75 Å².